The predicted octanol–water partition coefficient (Wildman–Crippen LogP) is 5.43. The predicted molar refractivity (Wildman–Crippen MR) is 109 cm³/mol. The number of carbonyl (C=O) groups excluding carboxylic acids is 1. The molecular weight excluding hydrogens is 320 g/mol. The zero-order valence-electron chi connectivity index (χ0n) is 15.9. The molecule has 1 aromatic heterocycles. The number of Topliss-reactive ketones (excluding diaryl/α,β-unsaturated/α-hetero) is 1. The van der Waals surface area contributed by atoms with Crippen LogP contribution in [0, 0.1) is 0 Å². The largest absolute Gasteiger partial charge is 0.360 e. The molecule has 2 unspecified atom stereocenters. The third kappa shape index (κ3) is 3.73. The van der Waals surface area contributed by atoms with Crippen LogP contribution >= 0.6 is 0 Å². The Morgan fingerprint density at radius 3 is 2.54 bits per heavy atom. The van der Waals surface area contributed by atoms with Gasteiger partial charge in [-0.2, -0.15) is 0 Å². The molecule has 0 aliphatic rings. The van der Waals surface area contributed by atoms with Crippen molar-refractivity contribution in [2.45, 2.75) is 52.1 Å². The van der Waals surface area contributed by atoms with Crippen LogP contribution < -0.4 is 5.32 Å². The summed E-state index contributed by atoms with van der Waals surface area (Å²) in [7, 11) is 0. The van der Waals surface area contributed by atoms with Gasteiger partial charge in [0.25, 0.3) is 0 Å². The van der Waals surface area contributed by atoms with E-state index in [0.717, 1.165) is 41.3 Å². The molecule has 0 saturated carbocycles. The molecule has 26 heavy (non-hydrogen) atoms. The van der Waals surface area contributed by atoms with Gasteiger partial charge < -0.3 is 10.3 Å². The minimum atomic E-state index is -0.331. The highest BCUT2D eigenvalue weighted by molar-refractivity contribution is 6.11. The molecule has 2 aromatic carbocycles. The summed E-state index contributed by atoms with van der Waals surface area (Å²) in [5.41, 5.74) is 4.10. The number of hydrogen-bond donors (Lipinski definition) is 2. The van der Waals surface area contributed by atoms with Crippen molar-refractivity contribution in [3.63, 3.8) is 0 Å². The number of nitrogens with one attached hydrogen (secondary N) is 2. The highest BCUT2D eigenvalue weighted by atomic mass is 16.1. The normalized spacial score (nSPS) is 13.7. The molecule has 0 saturated heterocycles. The Bertz CT molecular complexity index is 866. The molecule has 3 rings (SSSR count). The number of rotatable bonds is 8. The van der Waals surface area contributed by atoms with E-state index in [1.54, 1.807) is 0 Å². The van der Waals surface area contributed by atoms with Crippen molar-refractivity contribution in [3.05, 3.63) is 71.4 Å². The van der Waals surface area contributed by atoms with Crippen LogP contribution in [0.3, 0.4) is 0 Å². The number of carbonyl (C=O) groups is 1. The molecule has 0 radical (unpaired) electrons. The molecule has 0 spiro atoms. The van der Waals surface area contributed by atoms with Crippen molar-refractivity contribution in [2.75, 3.05) is 0 Å². The first-order valence-corrected chi connectivity index (χ1v) is 9.59. The smallest absolute Gasteiger partial charge is 0.186 e. The fourth-order valence-corrected chi connectivity index (χ4v) is 3.64. The van der Waals surface area contributed by atoms with E-state index in [0.29, 0.717) is 0 Å². The summed E-state index contributed by atoms with van der Waals surface area (Å²) in [6.45, 7) is 6.46. The van der Waals surface area contributed by atoms with Crippen LogP contribution in [0.15, 0.2) is 54.7 Å². The molecule has 0 aliphatic heterocycles. The minimum Gasteiger partial charge on any atom is -0.360 e. The third-order valence-corrected chi connectivity index (χ3v) is 5.02. The van der Waals surface area contributed by atoms with Crippen molar-refractivity contribution >= 4 is 16.7 Å². The number of aromatic nitrogens is 1. The van der Waals surface area contributed by atoms with Crippen molar-refractivity contribution in [3.8, 4) is 0 Å². The van der Waals surface area contributed by atoms with Gasteiger partial charge in [-0.05, 0) is 30.9 Å². The van der Waals surface area contributed by atoms with E-state index >= 15 is 0 Å². The first-order valence-electron chi connectivity index (χ1n) is 9.59. The lowest BCUT2D eigenvalue weighted by molar-refractivity contribution is 0.0937. The zero-order valence-corrected chi connectivity index (χ0v) is 15.9. The van der Waals surface area contributed by atoms with Crippen molar-refractivity contribution in [2.24, 2.45) is 0 Å². The molecular formula is C23H28N2O. The maximum atomic E-state index is 13.5. The molecule has 2 N–H and O–H groups in total. The maximum Gasteiger partial charge on any atom is 0.186 e. The van der Waals surface area contributed by atoms with Gasteiger partial charge in [-0.3, -0.25) is 4.79 Å². The Kier molecular flexibility index (Phi) is 5.89. The summed E-state index contributed by atoms with van der Waals surface area (Å²) in [4.78, 5) is 16.8. The lowest BCUT2D eigenvalue weighted by Gasteiger charge is -2.22. The summed E-state index contributed by atoms with van der Waals surface area (Å²) in [6.07, 6.45) is 4.95. The van der Waals surface area contributed by atoms with Gasteiger partial charge in [0.1, 0.15) is 0 Å². The number of H-pyrrole nitrogens is 1. The van der Waals surface area contributed by atoms with Crippen LogP contribution in [0.1, 0.15) is 61.1 Å². The minimum absolute atomic E-state index is 0.124. The summed E-state index contributed by atoms with van der Waals surface area (Å²) < 4.78 is 0. The second-order valence-corrected chi connectivity index (χ2v) is 6.96. The maximum absolute atomic E-state index is 13.5. The van der Waals surface area contributed by atoms with Gasteiger partial charge in [0, 0.05) is 28.7 Å². The molecule has 3 aromatic rings. The van der Waals surface area contributed by atoms with Gasteiger partial charge in [0.05, 0.1) is 6.04 Å². The lowest BCUT2D eigenvalue weighted by Crippen LogP contribution is -2.35. The molecule has 1 heterocycles. The average Bonchev–Trinajstić information content (AvgIpc) is 3.10. The van der Waals surface area contributed by atoms with Gasteiger partial charge in [0.15, 0.2) is 5.78 Å². The van der Waals surface area contributed by atoms with Crippen LogP contribution in [0.5, 0.6) is 0 Å². The van der Waals surface area contributed by atoms with Gasteiger partial charge in [-0.25, -0.2) is 0 Å². The molecule has 0 amide bonds. The van der Waals surface area contributed by atoms with E-state index < -0.39 is 0 Å². The molecule has 2 atom stereocenters. The Balaban J connectivity index is 2.00. The highest BCUT2D eigenvalue weighted by Gasteiger charge is 2.25. The van der Waals surface area contributed by atoms with E-state index in [2.05, 4.69) is 37.1 Å². The van der Waals surface area contributed by atoms with Crippen LogP contribution in [-0.2, 0) is 6.42 Å². The van der Waals surface area contributed by atoms with Crippen LogP contribution in [0.4, 0.5) is 0 Å². The molecule has 0 aliphatic carbocycles. The van der Waals surface area contributed by atoms with E-state index in [9.17, 15) is 4.79 Å². The summed E-state index contributed by atoms with van der Waals surface area (Å²) in [6, 6.07) is 16.2. The number of hydrogen-bond acceptors (Lipinski definition) is 2. The van der Waals surface area contributed by atoms with E-state index in [-0.39, 0.29) is 17.9 Å². The third-order valence-electron chi connectivity index (χ3n) is 5.02. The summed E-state index contributed by atoms with van der Waals surface area (Å²) in [5, 5.41) is 4.57. The van der Waals surface area contributed by atoms with Crippen LogP contribution in [0.25, 0.3) is 10.9 Å². The lowest BCUT2D eigenvalue weighted by atomic mass is 9.95. The molecule has 3 nitrogen and oxygen atoms in total. The van der Waals surface area contributed by atoms with Crippen molar-refractivity contribution in [1.29, 1.82) is 0 Å². The van der Waals surface area contributed by atoms with Gasteiger partial charge in [-0.15, -0.1) is 0 Å². The van der Waals surface area contributed by atoms with Crippen LogP contribution in [0.2, 0.25) is 0 Å². The number of aryl methyl sites for hydroxylation is 1. The molecule has 136 valence electrons. The highest BCUT2D eigenvalue weighted by Crippen LogP contribution is 2.27. The Morgan fingerprint density at radius 2 is 1.85 bits per heavy atom. The topological polar surface area (TPSA) is 44.9 Å². The quantitative estimate of drug-likeness (QED) is 0.533. The fourth-order valence-electron chi connectivity index (χ4n) is 3.64. The number of fused-ring (bicyclic) bond motifs is 1. The standard InChI is InChI=1S/C23H28N2O/c1-4-10-16(3)25-22(18-11-7-6-8-12-18)23(26)20-15-24-21-17(5-2)13-9-14-19(20)21/h6-9,11-16,22,24-25H,4-5,10H2,1-3H3. The first-order chi connectivity index (χ1) is 12.7. The second-order valence-electron chi connectivity index (χ2n) is 6.96. The summed E-state index contributed by atoms with van der Waals surface area (Å²) in [5.74, 6) is 0.124. The number of benzene rings is 2. The Hall–Kier alpha value is -2.39. The van der Waals surface area contributed by atoms with Crippen molar-refractivity contribution < 1.29 is 4.79 Å². The summed E-state index contributed by atoms with van der Waals surface area (Å²) >= 11 is 0. The van der Waals surface area contributed by atoms with Crippen molar-refractivity contribution in [1.82, 2.24) is 10.3 Å². The van der Waals surface area contributed by atoms with Gasteiger partial charge in [0.2, 0.25) is 0 Å². The van der Waals surface area contributed by atoms with E-state index in [1.807, 2.05) is 48.7 Å². The molecule has 0 fully saturated rings. The van der Waals surface area contributed by atoms with E-state index in [4.69, 9.17) is 0 Å². The Labute approximate surface area is 155 Å². The first kappa shape index (κ1) is 18.4. The second kappa shape index (κ2) is 8.33. The molecule has 3 heteroatoms. The van der Waals surface area contributed by atoms with E-state index in [1.165, 1.54) is 5.56 Å². The number of para-hydroxylation sites is 1. The van der Waals surface area contributed by atoms with Gasteiger partial charge in [-0.1, -0.05) is 68.8 Å². The van der Waals surface area contributed by atoms with Crippen LogP contribution in [-0.4, -0.2) is 16.8 Å². The Morgan fingerprint density at radius 1 is 1.08 bits per heavy atom. The monoisotopic (exact) mass is 348 g/mol. The average molecular weight is 348 g/mol. The zero-order chi connectivity index (χ0) is 18.5. The fraction of sp³-hybridized carbons (Fsp3) is 0.348. The SMILES string of the molecule is CCCC(C)NC(C(=O)c1c[nH]c2c(CC)cccc12)c1ccccc1. The van der Waals surface area contributed by atoms with Gasteiger partial charge >= 0.3 is 0 Å². The number of aromatic amines is 1. The molecule has 0 bridgehead atoms. The number of ketones is 1.